The number of aromatic nitrogens is 1. The van der Waals surface area contributed by atoms with Crippen LogP contribution in [0.15, 0.2) is 5.38 Å². The molecule has 112 valence electrons. The highest BCUT2D eigenvalue weighted by atomic mass is 32.1. The number of nitrogens with zero attached hydrogens (tertiary/aromatic N) is 1. The Kier molecular flexibility index (Phi) is 6.64. The lowest BCUT2D eigenvalue weighted by atomic mass is 9.88. The molecule has 1 unspecified atom stereocenters. The van der Waals surface area contributed by atoms with Gasteiger partial charge in [0.05, 0.1) is 5.01 Å². The monoisotopic (exact) mass is 298 g/mol. The van der Waals surface area contributed by atoms with E-state index in [-0.39, 0.29) is 12.3 Å². The lowest BCUT2D eigenvalue weighted by molar-refractivity contribution is -0.137. The fourth-order valence-electron chi connectivity index (χ4n) is 2.05. The van der Waals surface area contributed by atoms with Crippen molar-refractivity contribution in [2.45, 2.75) is 40.0 Å². The first-order valence-corrected chi connectivity index (χ1v) is 7.70. The van der Waals surface area contributed by atoms with Crippen molar-refractivity contribution in [3.05, 3.63) is 16.1 Å². The van der Waals surface area contributed by atoms with Crippen molar-refractivity contribution in [1.29, 1.82) is 0 Å². The molecule has 0 bridgehead atoms. The van der Waals surface area contributed by atoms with Gasteiger partial charge in [-0.15, -0.1) is 11.3 Å². The van der Waals surface area contributed by atoms with Crippen LogP contribution in [0.4, 0.5) is 0 Å². The summed E-state index contributed by atoms with van der Waals surface area (Å²) in [5.74, 6) is -0.205. The molecule has 0 aliphatic rings. The summed E-state index contributed by atoms with van der Waals surface area (Å²) in [7, 11) is 0. The second-order valence-corrected chi connectivity index (χ2v) is 6.30. The van der Waals surface area contributed by atoms with Gasteiger partial charge in [-0.25, -0.2) is 4.98 Å². The number of thiazole rings is 1. The Morgan fingerprint density at radius 1 is 1.40 bits per heavy atom. The van der Waals surface area contributed by atoms with Crippen molar-refractivity contribution in [3.8, 4) is 0 Å². The van der Waals surface area contributed by atoms with Gasteiger partial charge in [0, 0.05) is 18.3 Å². The van der Waals surface area contributed by atoms with Gasteiger partial charge in [-0.1, -0.05) is 13.8 Å². The normalized spacial score (nSPS) is 12.4. The molecule has 0 spiro atoms. The SMILES string of the molecule is Cc1nc(C(=O)NCCC(CCC(=O)O)C(C)C)cs1. The third-order valence-corrected chi connectivity index (χ3v) is 4.10. The van der Waals surface area contributed by atoms with Crippen molar-refractivity contribution in [2.24, 2.45) is 11.8 Å². The number of nitrogens with one attached hydrogen (secondary N) is 1. The summed E-state index contributed by atoms with van der Waals surface area (Å²) in [4.78, 5) is 26.6. The molecule has 1 aromatic heterocycles. The molecule has 1 rings (SSSR count). The predicted octanol–water partition coefficient (Wildman–Crippen LogP) is 2.71. The van der Waals surface area contributed by atoms with Crippen LogP contribution in [-0.2, 0) is 4.79 Å². The zero-order chi connectivity index (χ0) is 15.1. The maximum absolute atomic E-state index is 11.8. The van der Waals surface area contributed by atoms with Gasteiger partial charge < -0.3 is 10.4 Å². The van der Waals surface area contributed by atoms with Gasteiger partial charge in [0.2, 0.25) is 0 Å². The van der Waals surface area contributed by atoms with Gasteiger partial charge in [-0.3, -0.25) is 9.59 Å². The summed E-state index contributed by atoms with van der Waals surface area (Å²) in [6.45, 7) is 6.58. The zero-order valence-corrected chi connectivity index (χ0v) is 13.0. The zero-order valence-electron chi connectivity index (χ0n) is 12.2. The Balaban J connectivity index is 2.36. The molecule has 0 saturated carbocycles. The van der Waals surface area contributed by atoms with E-state index in [2.05, 4.69) is 24.1 Å². The largest absolute Gasteiger partial charge is 0.481 e. The van der Waals surface area contributed by atoms with Gasteiger partial charge in [-0.2, -0.15) is 0 Å². The number of amides is 1. The number of carboxylic acids is 1. The van der Waals surface area contributed by atoms with Crippen LogP contribution in [-0.4, -0.2) is 28.5 Å². The number of rotatable bonds is 8. The number of carbonyl (C=O) groups excluding carboxylic acids is 1. The van der Waals surface area contributed by atoms with Crippen LogP contribution in [0.25, 0.3) is 0 Å². The summed E-state index contributed by atoms with van der Waals surface area (Å²) in [5, 5.41) is 14.2. The molecule has 0 saturated heterocycles. The summed E-state index contributed by atoms with van der Waals surface area (Å²) < 4.78 is 0. The Labute approximate surface area is 123 Å². The third-order valence-electron chi connectivity index (χ3n) is 3.32. The highest BCUT2D eigenvalue weighted by Crippen LogP contribution is 2.20. The van der Waals surface area contributed by atoms with E-state index in [0.29, 0.717) is 30.5 Å². The highest BCUT2D eigenvalue weighted by Gasteiger charge is 2.16. The number of hydrogen-bond acceptors (Lipinski definition) is 4. The Morgan fingerprint density at radius 2 is 2.10 bits per heavy atom. The second-order valence-electron chi connectivity index (χ2n) is 5.23. The minimum atomic E-state index is -0.766. The van der Waals surface area contributed by atoms with E-state index < -0.39 is 5.97 Å². The topological polar surface area (TPSA) is 79.3 Å². The molecule has 1 heterocycles. The van der Waals surface area contributed by atoms with Crippen LogP contribution in [0.1, 0.15) is 48.6 Å². The van der Waals surface area contributed by atoms with Gasteiger partial charge in [0.1, 0.15) is 5.69 Å². The van der Waals surface area contributed by atoms with E-state index >= 15 is 0 Å². The molecule has 0 radical (unpaired) electrons. The molecule has 0 aliphatic heterocycles. The smallest absolute Gasteiger partial charge is 0.303 e. The molecule has 1 atom stereocenters. The van der Waals surface area contributed by atoms with E-state index in [0.717, 1.165) is 11.4 Å². The summed E-state index contributed by atoms with van der Waals surface area (Å²) >= 11 is 1.45. The summed E-state index contributed by atoms with van der Waals surface area (Å²) in [5.41, 5.74) is 0.458. The average Bonchev–Trinajstić information content (AvgIpc) is 2.79. The summed E-state index contributed by atoms with van der Waals surface area (Å²) in [6.07, 6.45) is 1.63. The van der Waals surface area contributed by atoms with E-state index in [9.17, 15) is 9.59 Å². The molecule has 0 aliphatic carbocycles. The minimum Gasteiger partial charge on any atom is -0.481 e. The lowest BCUT2D eigenvalue weighted by Crippen LogP contribution is -2.27. The van der Waals surface area contributed by atoms with E-state index in [4.69, 9.17) is 5.11 Å². The average molecular weight is 298 g/mol. The number of carbonyl (C=O) groups is 2. The van der Waals surface area contributed by atoms with Crippen molar-refractivity contribution < 1.29 is 14.7 Å². The maximum atomic E-state index is 11.8. The van der Waals surface area contributed by atoms with E-state index in [1.54, 1.807) is 5.38 Å². The van der Waals surface area contributed by atoms with Crippen molar-refractivity contribution in [2.75, 3.05) is 6.54 Å². The number of aryl methyl sites for hydroxylation is 1. The third kappa shape index (κ3) is 5.69. The first kappa shape index (κ1) is 16.6. The minimum absolute atomic E-state index is 0.157. The van der Waals surface area contributed by atoms with Gasteiger partial charge in [0.15, 0.2) is 0 Å². The highest BCUT2D eigenvalue weighted by molar-refractivity contribution is 7.09. The number of hydrogen-bond donors (Lipinski definition) is 2. The van der Waals surface area contributed by atoms with Gasteiger partial charge in [0.25, 0.3) is 5.91 Å². The van der Waals surface area contributed by atoms with E-state index in [1.807, 2.05) is 6.92 Å². The quantitative estimate of drug-likeness (QED) is 0.773. The summed E-state index contributed by atoms with van der Waals surface area (Å²) in [6, 6.07) is 0. The first-order valence-electron chi connectivity index (χ1n) is 6.82. The number of aliphatic carboxylic acids is 1. The maximum Gasteiger partial charge on any atom is 0.303 e. The first-order chi connectivity index (χ1) is 9.40. The molecule has 20 heavy (non-hydrogen) atoms. The van der Waals surface area contributed by atoms with Crippen LogP contribution < -0.4 is 5.32 Å². The predicted molar refractivity (Wildman–Crippen MR) is 79.0 cm³/mol. The molecule has 2 N–H and O–H groups in total. The molecule has 5 nitrogen and oxygen atoms in total. The molecule has 1 aromatic rings. The van der Waals surface area contributed by atoms with Crippen molar-refractivity contribution >= 4 is 23.2 Å². The second kappa shape index (κ2) is 7.99. The molecule has 6 heteroatoms. The van der Waals surface area contributed by atoms with Crippen LogP contribution in [0.3, 0.4) is 0 Å². The van der Waals surface area contributed by atoms with E-state index in [1.165, 1.54) is 11.3 Å². The molecule has 0 aromatic carbocycles. The van der Waals surface area contributed by atoms with Gasteiger partial charge in [-0.05, 0) is 31.6 Å². The van der Waals surface area contributed by atoms with Gasteiger partial charge >= 0.3 is 5.97 Å². The van der Waals surface area contributed by atoms with Crippen molar-refractivity contribution in [1.82, 2.24) is 10.3 Å². The van der Waals surface area contributed by atoms with Crippen LogP contribution >= 0.6 is 11.3 Å². The van der Waals surface area contributed by atoms with Crippen LogP contribution in [0, 0.1) is 18.8 Å². The Morgan fingerprint density at radius 3 is 2.60 bits per heavy atom. The van der Waals surface area contributed by atoms with Crippen molar-refractivity contribution in [3.63, 3.8) is 0 Å². The molecule has 0 fully saturated rings. The van der Waals surface area contributed by atoms with Crippen LogP contribution in [0.5, 0.6) is 0 Å². The molecular weight excluding hydrogens is 276 g/mol. The Hall–Kier alpha value is -1.43. The fourth-order valence-corrected chi connectivity index (χ4v) is 2.64. The standard InChI is InChI=1S/C14H22N2O3S/c1-9(2)11(4-5-13(17)18)6-7-15-14(19)12-8-20-10(3)16-12/h8-9,11H,4-7H2,1-3H3,(H,15,19)(H,17,18). The molecular formula is C14H22N2O3S. The van der Waals surface area contributed by atoms with Crippen LogP contribution in [0.2, 0.25) is 0 Å². The Bertz CT molecular complexity index is 457. The number of carboxylic acid groups (broad SMARTS) is 1. The lowest BCUT2D eigenvalue weighted by Gasteiger charge is -2.20. The molecule has 1 amide bonds. The fraction of sp³-hybridized carbons (Fsp3) is 0.643.